The molecule has 7 nitrogen and oxygen atoms in total. The second-order valence-corrected chi connectivity index (χ2v) is 8.46. The molecule has 0 aliphatic carbocycles. The third-order valence-electron chi connectivity index (χ3n) is 5.36. The van der Waals surface area contributed by atoms with Gasteiger partial charge in [0.1, 0.15) is 5.75 Å². The number of rotatable bonds is 8. The SMILES string of the molecule is COc1ccc(C#N)cc1/C=C(\C#N)c1cn(C(=O)[C@H](N)CCCCN)c2ccc(Br)cc12.Cl.Cl. The van der Waals surface area contributed by atoms with Crippen molar-refractivity contribution >= 4 is 69.2 Å². The Bertz CT molecular complexity index is 1310. The molecule has 4 N–H and O–H groups in total. The summed E-state index contributed by atoms with van der Waals surface area (Å²) in [4.78, 5) is 13.1. The number of methoxy groups -OCH3 is 1. The van der Waals surface area contributed by atoms with Gasteiger partial charge in [0.25, 0.3) is 0 Å². The Morgan fingerprint density at radius 1 is 1.20 bits per heavy atom. The molecule has 0 aliphatic heterocycles. The zero-order valence-electron chi connectivity index (χ0n) is 19.0. The lowest BCUT2D eigenvalue weighted by molar-refractivity contribution is 0.0879. The van der Waals surface area contributed by atoms with Gasteiger partial charge in [0.15, 0.2) is 0 Å². The van der Waals surface area contributed by atoms with Gasteiger partial charge in [0, 0.05) is 27.2 Å². The number of nitriles is 2. The number of hydrogen-bond donors (Lipinski definition) is 2. The molecule has 2 aromatic carbocycles. The van der Waals surface area contributed by atoms with Crippen LogP contribution in [0.5, 0.6) is 5.75 Å². The molecule has 3 aromatic rings. The van der Waals surface area contributed by atoms with E-state index in [-0.39, 0.29) is 30.7 Å². The minimum absolute atomic E-state index is 0. The van der Waals surface area contributed by atoms with Gasteiger partial charge >= 0.3 is 0 Å². The van der Waals surface area contributed by atoms with E-state index in [2.05, 4.69) is 28.1 Å². The first-order chi connectivity index (χ1) is 15.9. The molecule has 0 amide bonds. The van der Waals surface area contributed by atoms with Gasteiger partial charge in [0.05, 0.1) is 41.9 Å². The van der Waals surface area contributed by atoms with Crippen molar-refractivity contribution in [3.05, 3.63) is 63.8 Å². The first kappa shape index (κ1) is 30.2. The molecule has 0 saturated carbocycles. The van der Waals surface area contributed by atoms with E-state index in [1.807, 2.05) is 18.2 Å². The number of ether oxygens (including phenoxy) is 1. The van der Waals surface area contributed by atoms with Crippen molar-refractivity contribution in [2.45, 2.75) is 25.3 Å². The Labute approximate surface area is 225 Å². The Balaban J connectivity index is 0.00000306. The number of carbonyl (C=O) groups excluding carboxylic acids is 1. The van der Waals surface area contributed by atoms with E-state index in [0.29, 0.717) is 46.5 Å². The van der Waals surface area contributed by atoms with Crippen LogP contribution in [0.1, 0.15) is 40.7 Å². The molecule has 0 radical (unpaired) electrons. The molecule has 0 spiro atoms. The van der Waals surface area contributed by atoms with E-state index < -0.39 is 6.04 Å². The molecular weight excluding hydrogens is 553 g/mol. The Morgan fingerprint density at radius 3 is 2.57 bits per heavy atom. The predicted octanol–water partition coefficient (Wildman–Crippen LogP) is 5.29. The van der Waals surface area contributed by atoms with Crippen LogP contribution >= 0.6 is 40.7 Å². The van der Waals surface area contributed by atoms with E-state index in [0.717, 1.165) is 22.7 Å². The highest BCUT2D eigenvalue weighted by molar-refractivity contribution is 9.10. The average molecular weight is 579 g/mol. The van der Waals surface area contributed by atoms with E-state index >= 15 is 0 Å². The molecular formula is C25H26BrCl2N5O2. The summed E-state index contributed by atoms with van der Waals surface area (Å²) in [6.45, 7) is 0.554. The van der Waals surface area contributed by atoms with Crippen molar-refractivity contribution in [3.63, 3.8) is 0 Å². The number of carbonyl (C=O) groups is 1. The lowest BCUT2D eigenvalue weighted by Crippen LogP contribution is -2.34. The third-order valence-corrected chi connectivity index (χ3v) is 5.85. The molecule has 0 bridgehead atoms. The topological polar surface area (TPSA) is 131 Å². The summed E-state index contributed by atoms with van der Waals surface area (Å²) in [5, 5.41) is 20.0. The number of halogens is 3. The number of hydrogen-bond acceptors (Lipinski definition) is 6. The fourth-order valence-corrected chi connectivity index (χ4v) is 4.01. The van der Waals surface area contributed by atoms with Gasteiger partial charge in [-0.1, -0.05) is 22.4 Å². The van der Waals surface area contributed by atoms with Crippen molar-refractivity contribution in [2.24, 2.45) is 11.5 Å². The van der Waals surface area contributed by atoms with E-state index in [9.17, 15) is 15.3 Å². The van der Waals surface area contributed by atoms with Crippen LogP contribution < -0.4 is 16.2 Å². The summed E-state index contributed by atoms with van der Waals surface area (Å²) < 4.78 is 7.73. The number of unbranched alkanes of at least 4 members (excludes halogenated alkanes) is 1. The fraction of sp³-hybridized carbons (Fsp3) is 0.240. The zero-order valence-corrected chi connectivity index (χ0v) is 22.3. The van der Waals surface area contributed by atoms with Crippen LogP contribution in [0.15, 0.2) is 47.1 Å². The van der Waals surface area contributed by atoms with Crippen LogP contribution in [0.4, 0.5) is 0 Å². The maximum Gasteiger partial charge on any atom is 0.247 e. The normalized spacial score (nSPS) is 11.5. The van der Waals surface area contributed by atoms with E-state index in [1.54, 1.807) is 30.5 Å². The molecule has 1 aromatic heterocycles. The van der Waals surface area contributed by atoms with Gasteiger partial charge in [-0.25, -0.2) is 0 Å². The molecule has 0 saturated heterocycles. The molecule has 184 valence electrons. The summed E-state index contributed by atoms with van der Waals surface area (Å²) in [7, 11) is 1.53. The highest BCUT2D eigenvalue weighted by Gasteiger charge is 2.21. The van der Waals surface area contributed by atoms with Crippen molar-refractivity contribution in [2.75, 3.05) is 13.7 Å². The van der Waals surface area contributed by atoms with Crippen LogP contribution in [0.25, 0.3) is 22.6 Å². The number of fused-ring (bicyclic) bond motifs is 1. The Hall–Kier alpha value is -2.85. The van der Waals surface area contributed by atoms with Crippen LogP contribution in [0, 0.1) is 22.7 Å². The summed E-state index contributed by atoms with van der Waals surface area (Å²) in [5.41, 5.74) is 14.3. The number of benzene rings is 2. The van der Waals surface area contributed by atoms with Gasteiger partial charge in [-0.3, -0.25) is 9.36 Å². The van der Waals surface area contributed by atoms with Crippen molar-refractivity contribution in [1.82, 2.24) is 4.57 Å². The number of nitrogens with zero attached hydrogens (tertiary/aromatic N) is 3. The minimum Gasteiger partial charge on any atom is -0.496 e. The van der Waals surface area contributed by atoms with Crippen LogP contribution in [-0.4, -0.2) is 30.2 Å². The minimum atomic E-state index is -0.675. The third kappa shape index (κ3) is 6.85. The van der Waals surface area contributed by atoms with Crippen LogP contribution in [0.2, 0.25) is 0 Å². The average Bonchev–Trinajstić information content (AvgIpc) is 3.20. The molecule has 3 rings (SSSR count). The standard InChI is InChI=1S/C25H24BrN5O2.2ClH/c1-33-24-8-5-16(13-28)10-17(24)11-18(14-29)21-15-31(23-7-6-19(26)12-20(21)23)25(32)22(30)4-2-3-9-27;;/h5-8,10-12,15,22H,2-4,9,27,30H2,1H3;2*1H/b18-11+;;/t22-;;/m1../s1. The second-order valence-electron chi connectivity index (χ2n) is 7.54. The van der Waals surface area contributed by atoms with E-state index in [1.165, 1.54) is 11.7 Å². The first-order valence-electron chi connectivity index (χ1n) is 10.4. The van der Waals surface area contributed by atoms with Crippen LogP contribution in [0.3, 0.4) is 0 Å². The maximum atomic E-state index is 13.1. The Morgan fingerprint density at radius 2 is 1.94 bits per heavy atom. The molecule has 1 heterocycles. The quantitative estimate of drug-likeness (QED) is 0.276. The smallest absolute Gasteiger partial charge is 0.247 e. The zero-order chi connectivity index (χ0) is 24.0. The van der Waals surface area contributed by atoms with Crippen molar-refractivity contribution < 1.29 is 9.53 Å². The largest absolute Gasteiger partial charge is 0.496 e. The van der Waals surface area contributed by atoms with Crippen molar-refractivity contribution in [1.29, 1.82) is 10.5 Å². The highest BCUT2D eigenvalue weighted by atomic mass is 79.9. The van der Waals surface area contributed by atoms with Gasteiger partial charge < -0.3 is 16.2 Å². The van der Waals surface area contributed by atoms with Crippen LogP contribution in [-0.2, 0) is 0 Å². The lowest BCUT2D eigenvalue weighted by Gasteiger charge is -2.11. The first-order valence-corrected chi connectivity index (χ1v) is 11.2. The monoisotopic (exact) mass is 577 g/mol. The van der Waals surface area contributed by atoms with Gasteiger partial charge in [-0.15, -0.1) is 24.8 Å². The Kier molecular flexibility index (Phi) is 12.0. The molecule has 0 unspecified atom stereocenters. The molecule has 35 heavy (non-hydrogen) atoms. The summed E-state index contributed by atoms with van der Waals surface area (Å²) in [6.07, 6.45) is 5.40. The van der Waals surface area contributed by atoms with E-state index in [4.69, 9.17) is 16.2 Å². The summed E-state index contributed by atoms with van der Waals surface area (Å²) in [6, 6.07) is 14.2. The molecule has 0 fully saturated rings. The summed E-state index contributed by atoms with van der Waals surface area (Å²) in [5.74, 6) is 0.289. The van der Waals surface area contributed by atoms with Gasteiger partial charge in [0.2, 0.25) is 5.91 Å². The molecule has 0 aliphatic rings. The fourth-order valence-electron chi connectivity index (χ4n) is 3.65. The number of nitrogens with two attached hydrogens (primary N) is 2. The second kappa shape index (κ2) is 13.9. The lowest BCUT2D eigenvalue weighted by atomic mass is 10.0. The number of allylic oxidation sites excluding steroid dienone is 1. The summed E-state index contributed by atoms with van der Waals surface area (Å²) >= 11 is 3.47. The van der Waals surface area contributed by atoms with Gasteiger partial charge in [-0.2, -0.15) is 10.5 Å². The molecule has 10 heteroatoms. The highest BCUT2D eigenvalue weighted by Crippen LogP contribution is 2.33. The predicted molar refractivity (Wildman–Crippen MR) is 147 cm³/mol. The molecule has 1 atom stereocenters. The maximum absolute atomic E-state index is 13.1. The number of aromatic nitrogens is 1. The van der Waals surface area contributed by atoms with Crippen molar-refractivity contribution in [3.8, 4) is 17.9 Å². The van der Waals surface area contributed by atoms with Gasteiger partial charge in [-0.05, 0) is 61.9 Å².